The van der Waals surface area contributed by atoms with Crippen LogP contribution in [0.1, 0.15) is 19.3 Å². The molecule has 0 fully saturated rings. The van der Waals surface area contributed by atoms with Gasteiger partial charge in [-0.3, -0.25) is 4.79 Å². The van der Waals surface area contributed by atoms with Crippen LogP contribution < -0.4 is 16.8 Å². The Bertz CT molecular complexity index is 238. The Kier molecular flexibility index (Phi) is 7.96. The molecule has 0 aromatic heterocycles. The molecule has 0 aliphatic rings. The van der Waals surface area contributed by atoms with Gasteiger partial charge < -0.3 is 21.9 Å². The van der Waals surface area contributed by atoms with Crippen LogP contribution in [0.15, 0.2) is 0 Å². The minimum atomic E-state index is -0.888. The first-order chi connectivity index (χ1) is 7.49. The molecule has 7 heteroatoms. The Morgan fingerprint density at radius 2 is 2.06 bits per heavy atom. The summed E-state index contributed by atoms with van der Waals surface area (Å²) in [7, 11) is 0. The highest BCUT2D eigenvalue weighted by molar-refractivity contribution is 7.80. The first-order valence-electron chi connectivity index (χ1n) is 5.19. The zero-order valence-electron chi connectivity index (χ0n) is 9.19. The summed E-state index contributed by atoms with van der Waals surface area (Å²) in [6.45, 7) is 0.507. The van der Waals surface area contributed by atoms with Crippen LogP contribution in [0.3, 0.4) is 0 Å². The molecule has 0 heterocycles. The van der Waals surface area contributed by atoms with Gasteiger partial charge in [-0.1, -0.05) is 0 Å². The van der Waals surface area contributed by atoms with Gasteiger partial charge in [0.05, 0.1) is 6.04 Å². The molecule has 0 rings (SSSR count). The summed E-state index contributed by atoms with van der Waals surface area (Å²) in [4.78, 5) is 21.6. The fourth-order valence-corrected chi connectivity index (χ4v) is 1.23. The van der Waals surface area contributed by atoms with Crippen molar-refractivity contribution in [2.45, 2.75) is 31.3 Å². The first kappa shape index (κ1) is 15.2. The van der Waals surface area contributed by atoms with Crippen molar-refractivity contribution in [2.24, 2.45) is 5.73 Å². The normalized spacial score (nSPS) is 14.2. The third-order valence-corrected chi connectivity index (χ3v) is 2.55. The highest BCUT2D eigenvalue weighted by Gasteiger charge is 2.14. The Morgan fingerprint density at radius 3 is 2.56 bits per heavy atom. The maximum atomic E-state index is 11.2. The Morgan fingerprint density at radius 1 is 1.44 bits per heavy atom. The van der Waals surface area contributed by atoms with E-state index in [1.165, 1.54) is 0 Å². The number of amides is 1. The van der Waals surface area contributed by atoms with E-state index in [-0.39, 0.29) is 5.91 Å². The maximum absolute atomic E-state index is 11.2. The number of carbonyl (C=O) groups is 2. The van der Waals surface area contributed by atoms with Crippen LogP contribution in [0.2, 0.25) is 0 Å². The van der Waals surface area contributed by atoms with E-state index in [1.54, 1.807) is 0 Å². The lowest BCUT2D eigenvalue weighted by Crippen LogP contribution is -2.64. The number of hydrogen-bond donors (Lipinski definition) is 5. The SMILES string of the molecule is NC(CS)C(=O)NCCCCC([NH3+])C(=O)O. The number of carbonyl (C=O) groups excluding carboxylic acids is 1. The first-order valence-corrected chi connectivity index (χ1v) is 5.82. The smallest absolute Gasteiger partial charge is 0.362 e. The van der Waals surface area contributed by atoms with E-state index in [1.807, 2.05) is 0 Å². The van der Waals surface area contributed by atoms with Crippen LogP contribution in [-0.2, 0) is 9.59 Å². The van der Waals surface area contributed by atoms with Crippen molar-refractivity contribution in [3.8, 4) is 0 Å². The number of quaternary nitrogens is 1. The third kappa shape index (κ3) is 6.65. The Hall–Kier alpha value is -0.790. The fourth-order valence-electron chi connectivity index (χ4n) is 1.06. The molecule has 0 aromatic carbocycles. The van der Waals surface area contributed by atoms with Crippen molar-refractivity contribution in [3.05, 3.63) is 0 Å². The zero-order chi connectivity index (χ0) is 12.6. The molecule has 1 amide bonds. The van der Waals surface area contributed by atoms with Gasteiger partial charge >= 0.3 is 5.97 Å². The second-order valence-electron chi connectivity index (χ2n) is 3.61. The van der Waals surface area contributed by atoms with Gasteiger partial charge in [0.15, 0.2) is 6.04 Å². The van der Waals surface area contributed by atoms with E-state index in [0.29, 0.717) is 18.7 Å². The van der Waals surface area contributed by atoms with E-state index < -0.39 is 18.1 Å². The van der Waals surface area contributed by atoms with Crippen LogP contribution in [0.4, 0.5) is 0 Å². The summed E-state index contributed by atoms with van der Waals surface area (Å²) in [6.07, 6.45) is 1.96. The van der Waals surface area contributed by atoms with Gasteiger partial charge in [-0.05, 0) is 12.8 Å². The number of thiol groups is 1. The minimum Gasteiger partial charge on any atom is -0.477 e. The van der Waals surface area contributed by atoms with Crippen LogP contribution in [0.25, 0.3) is 0 Å². The highest BCUT2D eigenvalue weighted by Crippen LogP contribution is 1.97. The van der Waals surface area contributed by atoms with E-state index in [2.05, 4.69) is 23.7 Å². The molecule has 2 atom stereocenters. The second-order valence-corrected chi connectivity index (χ2v) is 3.98. The minimum absolute atomic E-state index is 0.223. The number of hydrogen-bond acceptors (Lipinski definition) is 4. The maximum Gasteiger partial charge on any atom is 0.362 e. The van der Waals surface area contributed by atoms with E-state index in [9.17, 15) is 9.59 Å². The summed E-state index contributed by atoms with van der Waals surface area (Å²) in [5, 5.41) is 11.2. The van der Waals surface area contributed by atoms with Crippen molar-refractivity contribution in [1.29, 1.82) is 0 Å². The van der Waals surface area contributed by atoms with Crippen molar-refractivity contribution in [1.82, 2.24) is 5.32 Å². The lowest BCUT2D eigenvalue weighted by Gasteiger charge is -2.09. The standard InChI is InChI=1S/C9H19N3O3S/c10-6(9(14)15)3-1-2-4-12-8(13)7(11)5-16/h6-7,16H,1-5,10-11H2,(H,12,13)(H,14,15)/p+1. The van der Waals surface area contributed by atoms with Gasteiger partial charge in [0.25, 0.3) is 0 Å². The highest BCUT2D eigenvalue weighted by atomic mass is 32.1. The summed E-state index contributed by atoms with van der Waals surface area (Å²) < 4.78 is 0. The molecule has 0 aromatic rings. The quantitative estimate of drug-likeness (QED) is 0.258. The molecule has 0 spiro atoms. The average molecular weight is 250 g/mol. The average Bonchev–Trinajstić information content (AvgIpc) is 2.26. The van der Waals surface area contributed by atoms with Crippen molar-refractivity contribution in [2.75, 3.05) is 12.3 Å². The Balaban J connectivity index is 3.47. The molecule has 0 radical (unpaired) electrons. The zero-order valence-corrected chi connectivity index (χ0v) is 10.1. The number of carboxylic acids is 1. The largest absolute Gasteiger partial charge is 0.477 e. The number of nitrogens with one attached hydrogen (secondary N) is 1. The molecule has 2 unspecified atom stereocenters. The lowest BCUT2D eigenvalue weighted by atomic mass is 10.1. The van der Waals surface area contributed by atoms with Crippen LogP contribution >= 0.6 is 12.6 Å². The second kappa shape index (κ2) is 8.37. The molecule has 0 aliphatic carbocycles. The van der Waals surface area contributed by atoms with Crippen molar-refractivity contribution >= 4 is 24.5 Å². The monoisotopic (exact) mass is 250 g/mol. The van der Waals surface area contributed by atoms with Crippen molar-refractivity contribution in [3.63, 3.8) is 0 Å². The topological polar surface area (TPSA) is 120 Å². The van der Waals surface area contributed by atoms with Gasteiger partial charge in [0.2, 0.25) is 5.91 Å². The molecule has 94 valence electrons. The van der Waals surface area contributed by atoms with Gasteiger partial charge in [-0.2, -0.15) is 12.6 Å². The number of rotatable bonds is 8. The van der Waals surface area contributed by atoms with Crippen LogP contribution in [0.5, 0.6) is 0 Å². The molecule has 6 nitrogen and oxygen atoms in total. The van der Waals surface area contributed by atoms with E-state index in [4.69, 9.17) is 10.8 Å². The predicted octanol–water partition coefficient (Wildman–Crippen LogP) is -1.77. The summed E-state index contributed by atoms with van der Waals surface area (Å²) >= 11 is 3.91. The number of nitrogens with two attached hydrogens (primary N) is 1. The summed E-state index contributed by atoms with van der Waals surface area (Å²) in [5.74, 6) is -0.799. The van der Waals surface area contributed by atoms with Crippen LogP contribution in [0, 0.1) is 0 Å². The number of unbranched alkanes of at least 4 members (excludes halogenated alkanes) is 1. The van der Waals surface area contributed by atoms with Gasteiger partial charge in [0.1, 0.15) is 0 Å². The molecule has 16 heavy (non-hydrogen) atoms. The summed E-state index contributed by atoms with van der Waals surface area (Å²) in [6, 6.07) is -1.15. The van der Waals surface area contributed by atoms with Crippen molar-refractivity contribution < 1.29 is 20.4 Å². The van der Waals surface area contributed by atoms with Crippen LogP contribution in [-0.4, -0.2) is 41.4 Å². The molecule has 0 bridgehead atoms. The molecule has 7 N–H and O–H groups in total. The van der Waals surface area contributed by atoms with E-state index in [0.717, 1.165) is 12.8 Å². The third-order valence-electron chi connectivity index (χ3n) is 2.16. The van der Waals surface area contributed by atoms with Gasteiger partial charge in [-0.15, -0.1) is 0 Å². The number of aliphatic carboxylic acids is 1. The Labute approximate surface area is 100 Å². The van der Waals surface area contributed by atoms with E-state index >= 15 is 0 Å². The lowest BCUT2D eigenvalue weighted by molar-refractivity contribution is -0.409. The molecule has 0 saturated heterocycles. The number of carboxylic acid groups (broad SMARTS) is 1. The molecular formula is C9H20N3O3S+. The molecular weight excluding hydrogens is 230 g/mol. The van der Waals surface area contributed by atoms with Gasteiger partial charge in [-0.25, -0.2) is 4.79 Å². The fraction of sp³-hybridized carbons (Fsp3) is 0.778. The molecule has 0 aliphatic heterocycles. The molecule has 0 saturated carbocycles. The summed E-state index contributed by atoms with van der Waals surface area (Å²) in [5.41, 5.74) is 8.94. The predicted molar refractivity (Wildman–Crippen MR) is 63.0 cm³/mol. The van der Waals surface area contributed by atoms with Gasteiger partial charge in [0, 0.05) is 18.7 Å².